The van der Waals surface area contributed by atoms with Gasteiger partial charge in [0.15, 0.2) is 0 Å². The number of phenolic OH excluding ortho intramolecular Hbond substituents is 1. The highest BCUT2D eigenvalue weighted by Crippen LogP contribution is 2.39. The number of esters is 1. The Bertz CT molecular complexity index is 2460. The van der Waals surface area contributed by atoms with Crippen LogP contribution in [0.25, 0.3) is 10.9 Å². The van der Waals surface area contributed by atoms with Crippen LogP contribution in [0.1, 0.15) is 66.0 Å². The van der Waals surface area contributed by atoms with E-state index in [0.717, 1.165) is 54.7 Å². The normalized spacial score (nSPS) is 19.5. The number of amides is 2. The maximum Gasteiger partial charge on any atom is 0.317 e. The highest BCUT2D eigenvalue weighted by Gasteiger charge is 2.47. The summed E-state index contributed by atoms with van der Waals surface area (Å²) in [4.78, 5) is 62.2. The number of nitrogens with zero attached hydrogens (tertiary/aromatic N) is 3. The number of nitrogens with one attached hydrogen (secondary N) is 2. The molecule has 13 nitrogen and oxygen atoms in total. The molecular weight excluding hydrogens is 811 g/mol. The number of piperidine rings is 4. The lowest BCUT2D eigenvalue weighted by molar-refractivity contribution is -0.168. The van der Waals surface area contributed by atoms with Crippen molar-refractivity contribution in [3.05, 3.63) is 141 Å². The maximum atomic E-state index is 14.1. The number of aromatic hydroxyl groups is 1. The van der Waals surface area contributed by atoms with Crippen molar-refractivity contribution in [2.24, 2.45) is 5.92 Å². The number of aliphatic hydroxyl groups excluding tert-OH is 1. The molecule has 0 saturated carbocycles. The zero-order valence-corrected chi connectivity index (χ0v) is 36.5. The minimum absolute atomic E-state index is 0.00889. The number of hydrogen-bond acceptors (Lipinski definition) is 10. The Kier molecular flexibility index (Phi) is 14.1. The molecule has 0 radical (unpaired) electrons. The molecule has 2 bridgehead atoms. The van der Waals surface area contributed by atoms with Crippen molar-refractivity contribution in [2.75, 3.05) is 59.5 Å². The van der Waals surface area contributed by atoms with Gasteiger partial charge in [0.05, 0.1) is 37.0 Å². The molecule has 0 spiro atoms. The fraction of sp³-hybridized carbons (Fsp3) is 0.412. The first kappa shape index (κ1) is 44.6. The van der Waals surface area contributed by atoms with Gasteiger partial charge in [0.1, 0.15) is 17.6 Å². The number of ether oxygens (including phenoxy) is 2. The predicted octanol–water partition coefficient (Wildman–Crippen LogP) is 5.27. The fourth-order valence-electron chi connectivity index (χ4n) is 9.72. The summed E-state index contributed by atoms with van der Waals surface area (Å²) in [6.07, 6.45) is 3.22. The molecule has 4 fully saturated rings. The number of benzene rings is 4. The molecule has 336 valence electrons. The average molecular weight is 870 g/mol. The van der Waals surface area contributed by atoms with Gasteiger partial charge >= 0.3 is 5.97 Å². The number of likely N-dealkylation sites (tertiary alicyclic amines) is 1. The smallest absolute Gasteiger partial charge is 0.317 e. The minimum Gasteiger partial charge on any atom is -0.506 e. The SMILES string of the molecule is COc1cccc(CN(CCCNC[C@H](O)c2ccc(O)c3[nH]c(=O)ccc23)C(=O)Cc2ccc(CC(=O)N3CCC(C(=O)O[C@H]4CN5CCC4CC5)(c4ccccc4)CC3)cc2)c1. The number of carbonyl (C=O) groups is 3. The highest BCUT2D eigenvalue weighted by molar-refractivity contribution is 5.87. The summed E-state index contributed by atoms with van der Waals surface area (Å²) < 4.78 is 11.8. The van der Waals surface area contributed by atoms with Crippen molar-refractivity contribution in [3.63, 3.8) is 0 Å². The number of phenols is 1. The van der Waals surface area contributed by atoms with E-state index in [1.807, 2.05) is 88.7 Å². The Hall–Kier alpha value is -6.02. The first-order valence-electron chi connectivity index (χ1n) is 22.6. The minimum atomic E-state index is -0.893. The van der Waals surface area contributed by atoms with E-state index in [1.54, 1.807) is 19.2 Å². The summed E-state index contributed by atoms with van der Waals surface area (Å²) in [6.45, 7) is 5.51. The van der Waals surface area contributed by atoms with Crippen LogP contribution in [0.4, 0.5) is 0 Å². The van der Waals surface area contributed by atoms with Crippen LogP contribution >= 0.6 is 0 Å². The fourth-order valence-corrected chi connectivity index (χ4v) is 9.72. The second-order valence-electron chi connectivity index (χ2n) is 17.6. The number of fused-ring (bicyclic) bond motifs is 4. The quantitative estimate of drug-likeness (QED) is 0.0716. The summed E-state index contributed by atoms with van der Waals surface area (Å²) in [7, 11) is 1.61. The highest BCUT2D eigenvalue weighted by atomic mass is 16.5. The first-order chi connectivity index (χ1) is 31.1. The van der Waals surface area contributed by atoms with Gasteiger partial charge in [0.2, 0.25) is 17.4 Å². The van der Waals surface area contributed by atoms with Gasteiger partial charge in [-0.1, -0.05) is 72.8 Å². The molecule has 9 rings (SSSR count). The third-order valence-corrected chi connectivity index (χ3v) is 13.5. The zero-order chi connectivity index (χ0) is 44.6. The molecule has 4 aromatic carbocycles. The summed E-state index contributed by atoms with van der Waals surface area (Å²) >= 11 is 0. The standard InChI is InChI=1S/C51H59N5O8/c1-63-40-10-5-7-37(29-40)33-56(24-6-23-52-32-44(58)41-15-17-43(57)49-42(41)16-18-46(59)53-49)48(61)31-36-13-11-35(12-14-36)30-47(60)55-27-21-51(22-28-55,39-8-3-2-4-9-39)50(62)64-45-34-54-25-19-38(45)20-26-54/h2-5,7-18,29,38,44-45,52,57-58H,6,19-28,30-34H2,1H3,(H,53,59)/t44-,45-/m0/s1. The third kappa shape index (κ3) is 10.3. The van der Waals surface area contributed by atoms with Crippen LogP contribution in [0, 0.1) is 5.92 Å². The third-order valence-electron chi connectivity index (χ3n) is 13.5. The lowest BCUT2D eigenvalue weighted by atomic mass is 9.72. The molecular formula is C51H59N5O8. The number of rotatable bonds is 17. The van der Waals surface area contributed by atoms with Crippen LogP contribution in [-0.2, 0) is 43.9 Å². The van der Waals surface area contributed by atoms with Crippen molar-refractivity contribution >= 4 is 28.7 Å². The predicted molar refractivity (Wildman–Crippen MR) is 244 cm³/mol. The molecule has 64 heavy (non-hydrogen) atoms. The zero-order valence-electron chi connectivity index (χ0n) is 36.5. The molecule has 4 aliphatic heterocycles. The van der Waals surface area contributed by atoms with Crippen molar-refractivity contribution in [1.29, 1.82) is 0 Å². The van der Waals surface area contributed by atoms with Crippen LogP contribution in [0.15, 0.2) is 108 Å². The maximum absolute atomic E-state index is 14.1. The van der Waals surface area contributed by atoms with Gasteiger partial charge in [-0.15, -0.1) is 0 Å². The van der Waals surface area contributed by atoms with Gasteiger partial charge in [-0.25, -0.2) is 0 Å². The second-order valence-corrected chi connectivity index (χ2v) is 17.6. The Balaban J connectivity index is 0.850. The molecule has 0 unspecified atom stereocenters. The molecule has 13 heteroatoms. The van der Waals surface area contributed by atoms with Gasteiger partial charge in [0, 0.05) is 50.7 Å². The van der Waals surface area contributed by atoms with Gasteiger partial charge in [-0.3, -0.25) is 24.1 Å². The van der Waals surface area contributed by atoms with Crippen molar-refractivity contribution in [3.8, 4) is 11.5 Å². The van der Waals surface area contributed by atoms with Crippen LogP contribution in [0.2, 0.25) is 0 Å². The van der Waals surface area contributed by atoms with E-state index >= 15 is 0 Å². The number of aromatic nitrogens is 1. The van der Waals surface area contributed by atoms with E-state index in [1.165, 1.54) is 12.1 Å². The summed E-state index contributed by atoms with van der Waals surface area (Å²) in [5.41, 5.74) is 3.32. The Labute approximate surface area is 374 Å². The van der Waals surface area contributed by atoms with Crippen LogP contribution in [0.5, 0.6) is 11.5 Å². The van der Waals surface area contributed by atoms with E-state index in [-0.39, 0.29) is 60.1 Å². The number of aliphatic hydroxyl groups is 1. The average Bonchev–Trinajstić information content (AvgIpc) is 3.32. The molecule has 0 aliphatic carbocycles. The number of methoxy groups -OCH3 is 1. The topological polar surface area (TPSA) is 165 Å². The van der Waals surface area contributed by atoms with E-state index < -0.39 is 11.5 Å². The summed E-state index contributed by atoms with van der Waals surface area (Å²) in [6, 6.07) is 31.3. The molecule has 4 aliphatic rings. The monoisotopic (exact) mass is 869 g/mol. The Morgan fingerprint density at radius 2 is 1.61 bits per heavy atom. The summed E-state index contributed by atoms with van der Waals surface area (Å²) in [5, 5.41) is 25.1. The van der Waals surface area contributed by atoms with Crippen molar-refractivity contribution < 1.29 is 34.1 Å². The number of H-pyrrole nitrogens is 1. The lowest BCUT2D eigenvalue weighted by Crippen LogP contribution is -2.55. The van der Waals surface area contributed by atoms with E-state index in [0.29, 0.717) is 74.6 Å². The van der Waals surface area contributed by atoms with E-state index in [2.05, 4.69) is 15.2 Å². The second kappa shape index (κ2) is 20.2. The van der Waals surface area contributed by atoms with Crippen LogP contribution in [-0.4, -0.2) is 113 Å². The van der Waals surface area contributed by atoms with Gasteiger partial charge < -0.3 is 39.8 Å². The Morgan fingerprint density at radius 3 is 2.31 bits per heavy atom. The molecule has 4 N–H and O–H groups in total. The van der Waals surface area contributed by atoms with E-state index in [9.17, 15) is 29.4 Å². The largest absolute Gasteiger partial charge is 0.506 e. The van der Waals surface area contributed by atoms with Crippen molar-refractivity contribution in [1.82, 2.24) is 25.0 Å². The van der Waals surface area contributed by atoms with Gasteiger partial charge in [-0.05, 0) is 110 Å². The summed E-state index contributed by atoms with van der Waals surface area (Å²) in [5.74, 6) is 0.865. The number of hydrogen-bond donors (Lipinski definition) is 4. The van der Waals surface area contributed by atoms with Gasteiger partial charge in [0.25, 0.3) is 0 Å². The van der Waals surface area contributed by atoms with Crippen LogP contribution < -0.4 is 15.6 Å². The molecule has 5 aromatic rings. The molecule has 1 aromatic heterocycles. The van der Waals surface area contributed by atoms with Crippen molar-refractivity contribution in [2.45, 2.75) is 69.1 Å². The van der Waals surface area contributed by atoms with Gasteiger partial charge in [-0.2, -0.15) is 0 Å². The first-order valence-corrected chi connectivity index (χ1v) is 22.6. The molecule has 2 atom stereocenters. The molecule has 5 heterocycles. The van der Waals surface area contributed by atoms with Crippen LogP contribution in [0.3, 0.4) is 0 Å². The van der Waals surface area contributed by atoms with E-state index in [4.69, 9.17) is 9.47 Å². The Morgan fingerprint density at radius 1 is 0.875 bits per heavy atom. The lowest BCUT2D eigenvalue weighted by Gasteiger charge is -2.46. The number of carbonyl (C=O) groups excluding carboxylic acids is 3. The molecule has 2 amide bonds. The molecule has 4 saturated heterocycles. The number of pyridine rings is 1. The number of aromatic amines is 1.